The van der Waals surface area contributed by atoms with Gasteiger partial charge in [0.2, 0.25) is 0 Å². The summed E-state index contributed by atoms with van der Waals surface area (Å²) in [6.45, 7) is 2.16. The first-order chi connectivity index (χ1) is 20.5. The van der Waals surface area contributed by atoms with Crippen LogP contribution in [0.15, 0.2) is 12.2 Å². The molecule has 5 rings (SSSR count). The van der Waals surface area contributed by atoms with Crippen LogP contribution >= 0.6 is 0 Å². The van der Waals surface area contributed by atoms with Gasteiger partial charge in [-0.25, -0.2) is 0 Å². The summed E-state index contributed by atoms with van der Waals surface area (Å²) in [4.78, 5) is 12.8. The first-order valence-corrected chi connectivity index (χ1v) is 15.2. The molecule has 1 amide bonds. The number of ether oxygens (including phenoxy) is 4. The Morgan fingerprint density at radius 3 is 2.37 bits per heavy atom. The zero-order chi connectivity index (χ0) is 30.8. The minimum atomic E-state index is -1.59. The van der Waals surface area contributed by atoms with Crippen molar-refractivity contribution in [1.29, 1.82) is 0 Å². The molecule has 5 aliphatic rings. The lowest BCUT2D eigenvalue weighted by atomic mass is 9.83. The van der Waals surface area contributed by atoms with Crippen molar-refractivity contribution in [2.75, 3.05) is 45.9 Å². The van der Waals surface area contributed by atoms with Crippen LogP contribution in [0.1, 0.15) is 25.7 Å². The van der Waals surface area contributed by atoms with Gasteiger partial charge in [0.25, 0.3) is 5.91 Å². The summed E-state index contributed by atoms with van der Waals surface area (Å²) >= 11 is 0. The highest BCUT2D eigenvalue weighted by atomic mass is 16.7. The summed E-state index contributed by atoms with van der Waals surface area (Å²) < 4.78 is 24.1. The molecule has 0 spiro atoms. The van der Waals surface area contributed by atoms with E-state index in [0.29, 0.717) is 25.9 Å². The third-order valence-corrected chi connectivity index (χ3v) is 9.03. The number of piperidine rings is 1. The molecule has 1 saturated carbocycles. The van der Waals surface area contributed by atoms with Gasteiger partial charge in [-0.1, -0.05) is 12.2 Å². The van der Waals surface area contributed by atoms with Crippen LogP contribution in [0.2, 0.25) is 0 Å². The predicted molar refractivity (Wildman–Crippen MR) is 150 cm³/mol. The van der Waals surface area contributed by atoms with Crippen LogP contribution in [0, 0.1) is 0 Å². The van der Waals surface area contributed by atoms with Crippen LogP contribution in [0.4, 0.5) is 0 Å². The van der Waals surface area contributed by atoms with E-state index in [9.17, 15) is 30.3 Å². The number of hydrogen-bond acceptors (Lipinski definition) is 15. The number of carbonyl (C=O) groups excluding carboxylic acids is 1. The zero-order valence-corrected chi connectivity index (χ0v) is 24.2. The van der Waals surface area contributed by atoms with Gasteiger partial charge in [-0.15, -0.1) is 0 Å². The van der Waals surface area contributed by atoms with Gasteiger partial charge in [-0.2, -0.15) is 0 Å². The van der Waals surface area contributed by atoms with E-state index in [0.717, 1.165) is 13.1 Å². The van der Waals surface area contributed by atoms with E-state index in [1.807, 2.05) is 6.08 Å². The Bertz CT molecular complexity index is 969. The number of hydrogen-bond donors (Lipinski definition) is 11. The Morgan fingerprint density at radius 2 is 1.72 bits per heavy atom. The minimum absolute atomic E-state index is 0.0843. The van der Waals surface area contributed by atoms with Gasteiger partial charge >= 0.3 is 0 Å². The van der Waals surface area contributed by atoms with Gasteiger partial charge in [-0.3, -0.25) is 4.79 Å². The molecular formula is C27H48N6O10. The van der Waals surface area contributed by atoms with E-state index < -0.39 is 84.4 Å². The van der Waals surface area contributed by atoms with Crippen LogP contribution in [-0.4, -0.2) is 156 Å². The highest BCUT2D eigenvalue weighted by Gasteiger charge is 2.51. The van der Waals surface area contributed by atoms with E-state index in [1.54, 1.807) is 6.08 Å². The van der Waals surface area contributed by atoms with Crippen molar-refractivity contribution in [1.82, 2.24) is 21.3 Å². The highest BCUT2D eigenvalue weighted by Crippen LogP contribution is 2.32. The zero-order valence-electron chi connectivity index (χ0n) is 24.2. The van der Waals surface area contributed by atoms with E-state index in [2.05, 4.69) is 21.3 Å². The molecule has 4 fully saturated rings. The van der Waals surface area contributed by atoms with Gasteiger partial charge in [0.15, 0.2) is 18.2 Å². The number of aliphatic hydroxyl groups is 5. The maximum Gasteiger partial charge on any atom is 0.254 e. The van der Waals surface area contributed by atoms with Gasteiger partial charge < -0.3 is 77.2 Å². The van der Waals surface area contributed by atoms with Crippen molar-refractivity contribution in [2.45, 2.75) is 104 Å². The summed E-state index contributed by atoms with van der Waals surface area (Å²) in [5, 5.41) is 64.7. The van der Waals surface area contributed by atoms with E-state index in [1.165, 1.54) is 0 Å². The molecule has 0 aromatic carbocycles. The number of amides is 1. The van der Waals surface area contributed by atoms with Crippen LogP contribution in [0.25, 0.3) is 0 Å². The summed E-state index contributed by atoms with van der Waals surface area (Å²) in [5.74, 6) is -0.648. The van der Waals surface area contributed by atoms with Gasteiger partial charge in [0, 0.05) is 38.6 Å². The Hall–Kier alpha value is -1.35. The van der Waals surface area contributed by atoms with Crippen molar-refractivity contribution in [2.24, 2.45) is 11.5 Å². The lowest BCUT2D eigenvalue weighted by Gasteiger charge is -2.47. The summed E-state index contributed by atoms with van der Waals surface area (Å²) in [6, 6.07) is -2.35. The summed E-state index contributed by atoms with van der Waals surface area (Å²) in [7, 11) is 0. The SMILES string of the molecule is N[C@@H]1C=C[C@@H](CNCC2(O)CCNCC2)O[C@@H]1O[C@H]1[C@H](O[C@@H]2O[C@H](CO)C[C@H]2O)[C@@H](O)[C@H](NC(=O)C2(O)CNC2)C[C@@H]1N. The molecule has 0 aromatic heterocycles. The minimum Gasteiger partial charge on any atom is -0.394 e. The molecule has 4 heterocycles. The number of carbonyl (C=O) groups is 1. The maximum absolute atomic E-state index is 12.8. The fourth-order valence-electron chi connectivity index (χ4n) is 6.21. The van der Waals surface area contributed by atoms with Crippen molar-refractivity contribution in [3.8, 4) is 0 Å². The molecule has 43 heavy (non-hydrogen) atoms. The summed E-state index contributed by atoms with van der Waals surface area (Å²) in [6.07, 6.45) is -2.79. The van der Waals surface area contributed by atoms with E-state index in [-0.39, 0.29) is 32.5 Å². The average Bonchev–Trinajstić information content (AvgIpc) is 3.32. The fraction of sp³-hybridized carbons (Fsp3) is 0.889. The number of β-amino-alcohol motifs (C(OH)–C–C–N with tert-alkyl or cyclic N) is 1. The number of nitrogens with two attached hydrogens (primary N) is 2. The Kier molecular flexibility index (Phi) is 10.7. The number of nitrogens with one attached hydrogen (secondary N) is 4. The molecule has 3 saturated heterocycles. The normalized spacial score (nSPS) is 42.3. The van der Waals surface area contributed by atoms with Gasteiger partial charge in [-0.05, 0) is 32.4 Å². The highest BCUT2D eigenvalue weighted by molar-refractivity contribution is 5.87. The van der Waals surface area contributed by atoms with E-state index in [4.69, 9.17) is 30.4 Å². The van der Waals surface area contributed by atoms with Crippen molar-refractivity contribution in [3.05, 3.63) is 12.2 Å². The molecule has 246 valence electrons. The topological polar surface area (TPSA) is 255 Å². The van der Waals surface area contributed by atoms with Crippen LogP contribution < -0.4 is 32.7 Å². The second kappa shape index (κ2) is 14.0. The second-order valence-electron chi connectivity index (χ2n) is 12.5. The van der Waals surface area contributed by atoms with Crippen molar-refractivity contribution < 1.29 is 49.3 Å². The molecule has 16 nitrogen and oxygen atoms in total. The lowest BCUT2D eigenvalue weighted by Crippen LogP contribution is -2.71. The average molecular weight is 617 g/mol. The fourth-order valence-corrected chi connectivity index (χ4v) is 6.21. The molecule has 0 bridgehead atoms. The smallest absolute Gasteiger partial charge is 0.254 e. The quantitative estimate of drug-likeness (QED) is 0.0968. The molecule has 13 N–H and O–H groups in total. The monoisotopic (exact) mass is 616 g/mol. The molecule has 16 heteroatoms. The maximum atomic E-state index is 12.8. The third kappa shape index (κ3) is 7.73. The number of aliphatic hydroxyl groups excluding tert-OH is 3. The van der Waals surface area contributed by atoms with Crippen molar-refractivity contribution in [3.63, 3.8) is 0 Å². The van der Waals surface area contributed by atoms with E-state index >= 15 is 0 Å². The molecule has 1 aliphatic carbocycles. The van der Waals surface area contributed by atoms with Gasteiger partial charge in [0.1, 0.15) is 24.4 Å². The largest absolute Gasteiger partial charge is 0.394 e. The van der Waals surface area contributed by atoms with Crippen LogP contribution in [-0.2, 0) is 23.7 Å². The molecule has 0 radical (unpaired) electrons. The molecule has 0 unspecified atom stereocenters. The first-order valence-electron chi connectivity index (χ1n) is 15.2. The molecule has 4 aliphatic heterocycles. The predicted octanol–water partition coefficient (Wildman–Crippen LogP) is -5.55. The number of rotatable bonds is 11. The Morgan fingerprint density at radius 1 is 1.00 bits per heavy atom. The van der Waals surface area contributed by atoms with Crippen LogP contribution in [0.5, 0.6) is 0 Å². The first kappa shape index (κ1) is 33.0. The van der Waals surface area contributed by atoms with Crippen LogP contribution in [0.3, 0.4) is 0 Å². The second-order valence-corrected chi connectivity index (χ2v) is 12.5. The molecule has 0 aromatic rings. The summed E-state index contributed by atoms with van der Waals surface area (Å²) in [5.41, 5.74) is 10.5. The Labute approximate surface area is 250 Å². The lowest BCUT2D eigenvalue weighted by molar-refractivity contribution is -0.280. The molecular weight excluding hydrogens is 568 g/mol. The third-order valence-electron chi connectivity index (χ3n) is 9.03. The van der Waals surface area contributed by atoms with Crippen molar-refractivity contribution >= 4 is 5.91 Å². The Balaban J connectivity index is 1.25. The standard InChI is InChI=1S/C27H48N6O10/c28-16-2-1-14(9-31-11-26(38)3-5-30-6-4-26)40-23(16)42-21-17(29)8-18(33-25(37)27(39)12-32-13-27)20(36)22(21)43-24-19(35)7-15(10-34)41-24/h1-2,14-24,30-32,34-36,38-39H,3-13,28-29H2,(H,33,37)/t14-,15-,16+,17-,18+,19+,20-,21+,22+,23+,24-/m0/s1. The van der Waals surface area contributed by atoms with Gasteiger partial charge in [0.05, 0.1) is 36.5 Å². The molecule has 11 atom stereocenters.